The molecular formula is C22H29N3O6S2. The molecule has 3 rings (SSSR count). The van der Waals surface area contributed by atoms with E-state index in [0.29, 0.717) is 30.4 Å². The van der Waals surface area contributed by atoms with E-state index < -0.39 is 39.1 Å². The second kappa shape index (κ2) is 10.2. The summed E-state index contributed by atoms with van der Waals surface area (Å²) in [6.07, 6.45) is 0.994. The second-order valence-corrected chi connectivity index (χ2v) is 11.9. The Bertz CT molecular complexity index is 1230. The fourth-order valence-corrected chi connectivity index (χ4v) is 6.38. The van der Waals surface area contributed by atoms with Crippen LogP contribution in [0.15, 0.2) is 23.2 Å². The van der Waals surface area contributed by atoms with Gasteiger partial charge in [0.1, 0.15) is 18.1 Å². The van der Waals surface area contributed by atoms with Crippen LogP contribution in [0.1, 0.15) is 25.8 Å². The monoisotopic (exact) mass is 495 g/mol. The zero-order valence-electron chi connectivity index (χ0n) is 19.2. The lowest BCUT2D eigenvalue weighted by molar-refractivity contribution is -0.141. The van der Waals surface area contributed by atoms with E-state index in [0.717, 1.165) is 16.7 Å². The molecule has 0 bridgehead atoms. The number of aromatic nitrogens is 1. The minimum Gasteiger partial charge on any atom is -0.468 e. The van der Waals surface area contributed by atoms with Crippen molar-refractivity contribution in [1.29, 1.82) is 0 Å². The van der Waals surface area contributed by atoms with Crippen molar-refractivity contribution in [3.8, 4) is 0 Å². The van der Waals surface area contributed by atoms with Gasteiger partial charge in [-0.2, -0.15) is 4.99 Å². The third-order valence-electron chi connectivity index (χ3n) is 5.48. The number of rotatable bonds is 6. The SMILES string of the molecule is COC(=O)Cn1c(=NC(=O)CS(=O)(=O)CC(=O)N2CC(C)CC(C)C2)sc2cc(C)ccc21. The van der Waals surface area contributed by atoms with Crippen LogP contribution in [0.3, 0.4) is 0 Å². The molecule has 2 unspecified atom stereocenters. The van der Waals surface area contributed by atoms with Gasteiger partial charge in [0, 0.05) is 13.1 Å². The molecule has 2 aromatic rings. The van der Waals surface area contributed by atoms with Crippen LogP contribution in [0.25, 0.3) is 10.2 Å². The number of hydrogen-bond acceptors (Lipinski definition) is 7. The van der Waals surface area contributed by atoms with E-state index in [1.807, 2.05) is 39.0 Å². The third-order valence-corrected chi connectivity index (χ3v) is 7.90. The molecule has 1 fully saturated rings. The van der Waals surface area contributed by atoms with Gasteiger partial charge < -0.3 is 14.2 Å². The van der Waals surface area contributed by atoms with Crippen molar-refractivity contribution >= 4 is 49.2 Å². The molecule has 180 valence electrons. The Morgan fingerprint density at radius 2 is 1.82 bits per heavy atom. The number of hydrogen-bond donors (Lipinski definition) is 0. The number of carbonyl (C=O) groups is 3. The van der Waals surface area contributed by atoms with Crippen molar-refractivity contribution in [1.82, 2.24) is 9.47 Å². The molecule has 0 spiro atoms. The minimum absolute atomic E-state index is 0.164. The number of methoxy groups -OCH3 is 1. The standard InChI is InChI=1S/C22H29N3O6S2/c1-14-5-6-17-18(8-14)32-22(25(17)11-21(28)31-4)23-19(26)12-33(29,30)13-20(27)24-9-15(2)7-16(3)10-24/h5-6,8,15-16H,7,9-13H2,1-4H3. The summed E-state index contributed by atoms with van der Waals surface area (Å²) < 4.78 is 32.2. The van der Waals surface area contributed by atoms with Crippen molar-refractivity contribution in [2.45, 2.75) is 33.7 Å². The van der Waals surface area contributed by atoms with Gasteiger partial charge in [-0.25, -0.2) is 8.42 Å². The maximum Gasteiger partial charge on any atom is 0.325 e. The van der Waals surface area contributed by atoms with Gasteiger partial charge >= 0.3 is 5.97 Å². The molecule has 2 atom stereocenters. The highest BCUT2D eigenvalue weighted by atomic mass is 32.2. The predicted molar refractivity (Wildman–Crippen MR) is 125 cm³/mol. The van der Waals surface area contributed by atoms with Crippen molar-refractivity contribution in [2.24, 2.45) is 16.8 Å². The van der Waals surface area contributed by atoms with E-state index in [9.17, 15) is 22.8 Å². The summed E-state index contributed by atoms with van der Waals surface area (Å²) in [6, 6.07) is 5.57. The van der Waals surface area contributed by atoms with Gasteiger partial charge in [0.05, 0.1) is 17.3 Å². The lowest BCUT2D eigenvalue weighted by atomic mass is 9.92. The summed E-state index contributed by atoms with van der Waals surface area (Å²) in [6.45, 7) is 6.85. The first-order chi connectivity index (χ1) is 15.5. The first-order valence-corrected chi connectivity index (χ1v) is 13.3. The van der Waals surface area contributed by atoms with E-state index >= 15 is 0 Å². The first kappa shape index (κ1) is 25.1. The number of thiazole rings is 1. The van der Waals surface area contributed by atoms with Gasteiger partial charge in [-0.1, -0.05) is 31.3 Å². The topological polar surface area (TPSA) is 115 Å². The predicted octanol–water partition coefficient (Wildman–Crippen LogP) is 1.53. The van der Waals surface area contributed by atoms with Crippen LogP contribution in [0.5, 0.6) is 0 Å². The zero-order valence-corrected chi connectivity index (χ0v) is 20.9. The van der Waals surface area contributed by atoms with Crippen LogP contribution in [0.4, 0.5) is 0 Å². The van der Waals surface area contributed by atoms with Crippen molar-refractivity contribution in [3.63, 3.8) is 0 Å². The third kappa shape index (κ3) is 6.50. The van der Waals surface area contributed by atoms with E-state index in [-0.39, 0.29) is 11.3 Å². The lowest BCUT2D eigenvalue weighted by Crippen LogP contribution is -2.45. The van der Waals surface area contributed by atoms with Crippen LogP contribution in [0, 0.1) is 18.8 Å². The Labute approximate surface area is 197 Å². The molecule has 33 heavy (non-hydrogen) atoms. The molecule has 1 aliphatic heterocycles. The molecule has 2 heterocycles. The first-order valence-electron chi connectivity index (χ1n) is 10.7. The fraction of sp³-hybridized carbons (Fsp3) is 0.545. The van der Waals surface area contributed by atoms with Crippen LogP contribution < -0.4 is 4.80 Å². The van der Waals surface area contributed by atoms with Gasteiger partial charge in [0.15, 0.2) is 14.6 Å². The van der Waals surface area contributed by atoms with Gasteiger partial charge in [-0.05, 0) is 42.9 Å². The Hall–Kier alpha value is -2.53. The molecule has 11 heteroatoms. The van der Waals surface area contributed by atoms with Crippen LogP contribution in [0.2, 0.25) is 0 Å². The highest BCUT2D eigenvalue weighted by Crippen LogP contribution is 2.21. The van der Waals surface area contributed by atoms with Gasteiger partial charge in [-0.15, -0.1) is 0 Å². The second-order valence-electron chi connectivity index (χ2n) is 8.80. The summed E-state index contributed by atoms with van der Waals surface area (Å²) in [5, 5.41) is 0. The van der Waals surface area contributed by atoms with E-state index in [4.69, 9.17) is 4.74 Å². The number of piperidine rings is 1. The zero-order chi connectivity index (χ0) is 24.3. The minimum atomic E-state index is -3.99. The van der Waals surface area contributed by atoms with Crippen molar-refractivity contribution < 1.29 is 27.5 Å². The van der Waals surface area contributed by atoms with Crippen molar-refractivity contribution in [3.05, 3.63) is 28.6 Å². The summed E-state index contributed by atoms with van der Waals surface area (Å²) >= 11 is 1.18. The maximum atomic E-state index is 12.6. The smallest absolute Gasteiger partial charge is 0.325 e. The number of fused-ring (bicyclic) bond motifs is 1. The summed E-state index contributed by atoms with van der Waals surface area (Å²) in [5.74, 6) is -2.88. The molecule has 1 aromatic carbocycles. The van der Waals surface area contributed by atoms with Gasteiger partial charge in [0.25, 0.3) is 5.91 Å². The normalized spacial score (nSPS) is 19.6. The van der Waals surface area contributed by atoms with E-state index in [1.54, 1.807) is 4.90 Å². The number of nitrogens with zero attached hydrogens (tertiary/aromatic N) is 3. The number of benzene rings is 1. The summed E-state index contributed by atoms with van der Waals surface area (Å²) in [4.78, 5) is 42.7. The molecule has 1 saturated heterocycles. The molecule has 0 saturated carbocycles. The Morgan fingerprint density at radius 1 is 1.15 bits per heavy atom. The highest BCUT2D eigenvalue weighted by molar-refractivity contribution is 7.92. The highest BCUT2D eigenvalue weighted by Gasteiger charge is 2.29. The summed E-state index contributed by atoms with van der Waals surface area (Å²) in [5.41, 5.74) is 1.68. The van der Waals surface area contributed by atoms with Gasteiger partial charge in [-0.3, -0.25) is 14.4 Å². The molecule has 9 nitrogen and oxygen atoms in total. The number of carbonyl (C=O) groups excluding carboxylic acids is 3. The molecule has 2 amide bonds. The molecule has 0 radical (unpaired) electrons. The number of sulfone groups is 1. The number of ether oxygens (including phenoxy) is 1. The van der Waals surface area contributed by atoms with Crippen LogP contribution in [-0.4, -0.2) is 67.4 Å². The van der Waals surface area contributed by atoms with Crippen LogP contribution in [-0.2, 0) is 35.5 Å². The van der Waals surface area contributed by atoms with Crippen LogP contribution >= 0.6 is 11.3 Å². The molecule has 1 aromatic heterocycles. The number of amides is 2. The average Bonchev–Trinajstić information content (AvgIpc) is 3.01. The van der Waals surface area contributed by atoms with E-state index in [2.05, 4.69) is 4.99 Å². The van der Waals surface area contributed by atoms with Crippen molar-refractivity contribution in [2.75, 3.05) is 31.7 Å². The average molecular weight is 496 g/mol. The maximum absolute atomic E-state index is 12.6. The molecule has 0 aliphatic carbocycles. The number of aryl methyl sites for hydroxylation is 1. The lowest BCUT2D eigenvalue weighted by Gasteiger charge is -2.34. The largest absolute Gasteiger partial charge is 0.468 e. The Balaban J connectivity index is 1.81. The Kier molecular flexibility index (Phi) is 7.73. The van der Waals surface area contributed by atoms with Gasteiger partial charge in [0.2, 0.25) is 5.91 Å². The summed E-state index contributed by atoms with van der Waals surface area (Å²) in [7, 11) is -2.73. The number of esters is 1. The molecular weight excluding hydrogens is 466 g/mol. The molecule has 1 aliphatic rings. The molecule has 0 N–H and O–H groups in total. The fourth-order valence-electron chi connectivity index (χ4n) is 4.14. The Morgan fingerprint density at radius 3 is 2.45 bits per heavy atom. The van der Waals surface area contributed by atoms with E-state index in [1.165, 1.54) is 23.0 Å². The quantitative estimate of drug-likeness (QED) is 0.562. The number of likely N-dealkylation sites (tertiary alicyclic amines) is 1.